The van der Waals surface area contributed by atoms with Gasteiger partial charge in [-0.25, -0.2) is 4.68 Å². The summed E-state index contributed by atoms with van der Waals surface area (Å²) in [5.41, 5.74) is 3.29. The number of carbonyl (C=O) groups excluding carboxylic acids is 1. The fourth-order valence-electron chi connectivity index (χ4n) is 2.94. The van der Waals surface area contributed by atoms with E-state index >= 15 is 0 Å². The summed E-state index contributed by atoms with van der Waals surface area (Å²) in [5, 5.41) is 7.25. The Morgan fingerprint density at radius 1 is 1.33 bits per heavy atom. The van der Waals surface area contributed by atoms with Crippen molar-refractivity contribution in [1.82, 2.24) is 9.78 Å². The van der Waals surface area contributed by atoms with Crippen molar-refractivity contribution < 1.29 is 9.53 Å². The van der Waals surface area contributed by atoms with Crippen molar-refractivity contribution in [2.45, 2.75) is 39.2 Å². The van der Waals surface area contributed by atoms with Crippen LogP contribution in [0, 0.1) is 6.92 Å². The molecule has 1 amide bonds. The summed E-state index contributed by atoms with van der Waals surface area (Å²) in [6.45, 7) is 3.58. The molecule has 6 heteroatoms. The normalized spacial score (nSPS) is 14.1. The number of carbonyl (C=O) groups is 1. The highest BCUT2D eigenvalue weighted by molar-refractivity contribution is 5.94. The number of aromatic nitrogens is 2. The molecule has 24 heavy (non-hydrogen) atoms. The van der Waals surface area contributed by atoms with E-state index in [9.17, 15) is 9.59 Å². The second kappa shape index (κ2) is 6.47. The third-order valence-electron chi connectivity index (χ3n) is 4.42. The van der Waals surface area contributed by atoms with Gasteiger partial charge in [-0.1, -0.05) is 0 Å². The first-order valence-corrected chi connectivity index (χ1v) is 8.06. The van der Waals surface area contributed by atoms with E-state index in [1.165, 1.54) is 4.68 Å². The van der Waals surface area contributed by atoms with E-state index in [2.05, 4.69) is 10.4 Å². The summed E-state index contributed by atoms with van der Waals surface area (Å²) in [5.74, 6) is 0.464. The van der Waals surface area contributed by atoms with Crippen LogP contribution < -0.4 is 15.6 Å². The van der Waals surface area contributed by atoms with Crippen molar-refractivity contribution in [1.29, 1.82) is 0 Å². The number of nitrogens with one attached hydrogen (secondary N) is 1. The van der Waals surface area contributed by atoms with Crippen LogP contribution in [-0.4, -0.2) is 22.8 Å². The smallest absolute Gasteiger partial charge is 0.267 e. The number of benzene rings is 1. The van der Waals surface area contributed by atoms with Crippen LogP contribution in [0.2, 0.25) is 0 Å². The van der Waals surface area contributed by atoms with Crippen LogP contribution >= 0.6 is 0 Å². The molecule has 0 saturated heterocycles. The molecule has 0 bridgehead atoms. The van der Waals surface area contributed by atoms with Crippen LogP contribution in [0.4, 0.5) is 5.69 Å². The molecule has 0 radical (unpaired) electrons. The summed E-state index contributed by atoms with van der Waals surface area (Å²) in [6, 6.07) is 6.35. The first-order chi connectivity index (χ1) is 11.5. The second-order valence-electron chi connectivity index (χ2n) is 6.10. The molecule has 0 spiro atoms. The van der Waals surface area contributed by atoms with Crippen LogP contribution in [0.5, 0.6) is 5.75 Å². The predicted molar refractivity (Wildman–Crippen MR) is 91.6 cm³/mol. The van der Waals surface area contributed by atoms with Crippen LogP contribution in [0.15, 0.2) is 29.1 Å². The maximum atomic E-state index is 12.5. The predicted octanol–water partition coefficient (Wildman–Crippen LogP) is 2.25. The molecule has 126 valence electrons. The summed E-state index contributed by atoms with van der Waals surface area (Å²) in [6.07, 6.45) is 2.77. The third-order valence-corrected chi connectivity index (χ3v) is 4.42. The van der Waals surface area contributed by atoms with Gasteiger partial charge < -0.3 is 10.1 Å². The topological polar surface area (TPSA) is 73.2 Å². The molecule has 1 aromatic heterocycles. The zero-order valence-electron chi connectivity index (χ0n) is 14.1. The van der Waals surface area contributed by atoms with Crippen molar-refractivity contribution in [2.75, 3.05) is 12.4 Å². The van der Waals surface area contributed by atoms with Crippen LogP contribution in [0.25, 0.3) is 0 Å². The van der Waals surface area contributed by atoms with E-state index in [4.69, 9.17) is 4.74 Å². The number of methoxy groups -OCH3 is 1. The van der Waals surface area contributed by atoms with Crippen molar-refractivity contribution >= 4 is 11.6 Å². The SMILES string of the molecule is COc1ccc(NC(=O)[C@@H](C)n2nc3c(cc2=O)CCC3)c(C)c1. The number of ether oxygens (including phenoxy) is 1. The molecule has 3 rings (SSSR count). The van der Waals surface area contributed by atoms with Gasteiger partial charge in [-0.3, -0.25) is 9.59 Å². The number of anilines is 1. The van der Waals surface area contributed by atoms with Gasteiger partial charge in [-0.2, -0.15) is 5.10 Å². The Balaban J connectivity index is 1.82. The molecular formula is C18H21N3O3. The molecule has 1 aliphatic rings. The summed E-state index contributed by atoms with van der Waals surface area (Å²) >= 11 is 0. The lowest BCUT2D eigenvalue weighted by Gasteiger charge is -2.16. The van der Waals surface area contributed by atoms with Crippen molar-refractivity contribution in [3.8, 4) is 5.75 Å². The minimum Gasteiger partial charge on any atom is -0.497 e. The monoisotopic (exact) mass is 327 g/mol. The van der Waals surface area contributed by atoms with Gasteiger partial charge in [0.1, 0.15) is 11.8 Å². The molecule has 1 N–H and O–H groups in total. The average Bonchev–Trinajstić information content (AvgIpc) is 3.02. The Morgan fingerprint density at radius 3 is 2.83 bits per heavy atom. The van der Waals surface area contributed by atoms with Crippen molar-refractivity contribution in [3.63, 3.8) is 0 Å². The third kappa shape index (κ3) is 3.04. The van der Waals surface area contributed by atoms with Gasteiger partial charge in [-0.15, -0.1) is 0 Å². The minimum atomic E-state index is -0.676. The standard InChI is InChI=1S/C18H21N3O3/c1-11-9-14(24-3)7-8-15(11)19-18(23)12(2)21-17(22)10-13-5-4-6-16(13)20-21/h7-10,12H,4-6H2,1-3H3,(H,19,23)/t12-/m1/s1. The van der Waals surface area contributed by atoms with Gasteiger partial charge in [0.15, 0.2) is 0 Å². The number of hydrogen-bond acceptors (Lipinski definition) is 4. The fraction of sp³-hybridized carbons (Fsp3) is 0.389. The lowest BCUT2D eigenvalue weighted by molar-refractivity contribution is -0.119. The highest BCUT2D eigenvalue weighted by atomic mass is 16.5. The van der Waals surface area contributed by atoms with Crippen molar-refractivity contribution in [2.24, 2.45) is 0 Å². The Hall–Kier alpha value is -2.63. The quantitative estimate of drug-likeness (QED) is 0.935. The number of nitrogens with zero attached hydrogens (tertiary/aromatic N) is 2. The molecule has 0 fully saturated rings. The van der Waals surface area contributed by atoms with E-state index in [0.717, 1.165) is 41.8 Å². The molecule has 1 atom stereocenters. The zero-order chi connectivity index (χ0) is 17.3. The first-order valence-electron chi connectivity index (χ1n) is 8.06. The van der Waals surface area contributed by atoms with E-state index in [1.54, 1.807) is 32.2 Å². The maximum Gasteiger partial charge on any atom is 0.267 e. The van der Waals surface area contributed by atoms with Gasteiger partial charge in [0, 0.05) is 11.8 Å². The molecule has 1 aliphatic carbocycles. The lowest BCUT2D eigenvalue weighted by Crippen LogP contribution is -2.34. The minimum absolute atomic E-state index is 0.232. The number of rotatable bonds is 4. The molecule has 0 saturated carbocycles. The van der Waals surface area contributed by atoms with Gasteiger partial charge in [-0.05, 0) is 62.4 Å². The number of aryl methyl sites for hydroxylation is 3. The zero-order valence-corrected chi connectivity index (χ0v) is 14.1. The maximum absolute atomic E-state index is 12.5. The van der Waals surface area contributed by atoms with Gasteiger partial charge >= 0.3 is 0 Å². The summed E-state index contributed by atoms with van der Waals surface area (Å²) < 4.78 is 6.44. The molecule has 2 aromatic rings. The van der Waals surface area contributed by atoms with E-state index in [-0.39, 0.29) is 11.5 Å². The van der Waals surface area contributed by atoms with E-state index < -0.39 is 6.04 Å². The second-order valence-corrected chi connectivity index (χ2v) is 6.10. The number of hydrogen-bond donors (Lipinski definition) is 1. The largest absolute Gasteiger partial charge is 0.497 e. The Bertz CT molecular complexity index is 842. The summed E-state index contributed by atoms with van der Waals surface area (Å²) in [4.78, 5) is 24.8. The molecule has 0 aliphatic heterocycles. The molecule has 1 aromatic carbocycles. The Morgan fingerprint density at radius 2 is 2.12 bits per heavy atom. The van der Waals surface area contributed by atoms with Gasteiger partial charge in [0.25, 0.3) is 5.56 Å². The summed E-state index contributed by atoms with van der Waals surface area (Å²) in [7, 11) is 1.60. The van der Waals surface area contributed by atoms with Crippen LogP contribution in [0.3, 0.4) is 0 Å². The lowest BCUT2D eigenvalue weighted by atomic mass is 10.1. The van der Waals surface area contributed by atoms with E-state index in [1.807, 2.05) is 13.0 Å². The number of amides is 1. The molecule has 0 unspecified atom stereocenters. The highest BCUT2D eigenvalue weighted by Crippen LogP contribution is 2.22. The van der Waals surface area contributed by atoms with Gasteiger partial charge in [0.2, 0.25) is 5.91 Å². The molecule has 6 nitrogen and oxygen atoms in total. The van der Waals surface area contributed by atoms with Crippen LogP contribution in [-0.2, 0) is 17.6 Å². The first kappa shape index (κ1) is 16.2. The van der Waals surface area contributed by atoms with E-state index in [0.29, 0.717) is 5.69 Å². The van der Waals surface area contributed by atoms with Crippen LogP contribution in [0.1, 0.15) is 36.2 Å². The average molecular weight is 327 g/mol. The highest BCUT2D eigenvalue weighted by Gasteiger charge is 2.21. The van der Waals surface area contributed by atoms with Gasteiger partial charge in [0.05, 0.1) is 12.8 Å². The Kier molecular flexibility index (Phi) is 4.38. The number of fused-ring (bicyclic) bond motifs is 1. The molecular weight excluding hydrogens is 306 g/mol. The molecule has 1 heterocycles. The Labute approximate surface area is 140 Å². The fourth-order valence-corrected chi connectivity index (χ4v) is 2.94. The van der Waals surface area contributed by atoms with Crippen molar-refractivity contribution in [3.05, 3.63) is 51.4 Å².